The van der Waals surface area contributed by atoms with Crippen LogP contribution in [0, 0.1) is 0 Å². The zero-order chi connectivity index (χ0) is 34.2. The van der Waals surface area contributed by atoms with Crippen molar-refractivity contribution >= 4 is 92.3 Å². The first kappa shape index (κ1) is 29.1. The minimum Gasteiger partial charge on any atom is -0.456 e. The van der Waals surface area contributed by atoms with E-state index in [-0.39, 0.29) is 0 Å². The summed E-state index contributed by atoms with van der Waals surface area (Å²) in [5.41, 5.74) is 10.9. The van der Waals surface area contributed by atoms with E-state index < -0.39 is 0 Å². The summed E-state index contributed by atoms with van der Waals surface area (Å²) in [6, 6.07) is 65.5. The van der Waals surface area contributed by atoms with Gasteiger partial charge in [0.25, 0.3) is 0 Å². The maximum absolute atomic E-state index is 6.39. The molecule has 0 aliphatic carbocycles. The summed E-state index contributed by atoms with van der Waals surface area (Å²) in [5, 5.41) is 7.38. The zero-order valence-corrected chi connectivity index (χ0v) is 28.8. The van der Waals surface area contributed by atoms with E-state index in [1.165, 1.54) is 47.5 Å². The lowest BCUT2D eigenvalue weighted by atomic mass is 10.0. The molecule has 0 aliphatic heterocycles. The van der Waals surface area contributed by atoms with E-state index in [1.807, 2.05) is 23.5 Å². The van der Waals surface area contributed by atoms with Crippen molar-refractivity contribution in [2.75, 3.05) is 4.90 Å². The summed E-state index contributed by atoms with van der Waals surface area (Å²) in [7, 11) is 0. The number of furan rings is 1. The highest BCUT2D eigenvalue weighted by atomic mass is 32.1. The number of thiophene rings is 1. The van der Waals surface area contributed by atoms with Crippen LogP contribution in [0.15, 0.2) is 186 Å². The molecule has 3 aromatic heterocycles. The van der Waals surface area contributed by atoms with Crippen LogP contribution < -0.4 is 4.90 Å². The van der Waals surface area contributed by atoms with Crippen molar-refractivity contribution in [2.24, 2.45) is 0 Å². The van der Waals surface area contributed by atoms with Gasteiger partial charge in [-0.05, 0) is 83.9 Å². The third kappa shape index (κ3) is 4.51. The third-order valence-electron chi connectivity index (χ3n) is 10.4. The highest BCUT2D eigenvalue weighted by Gasteiger charge is 2.18. The molecule has 0 atom stereocenters. The number of aromatic nitrogens is 1. The number of nitrogens with zero attached hydrogens (tertiary/aromatic N) is 2. The second-order valence-corrected chi connectivity index (χ2v) is 14.4. The van der Waals surface area contributed by atoms with Crippen LogP contribution in [-0.4, -0.2) is 4.57 Å². The number of fused-ring (bicyclic) bond motifs is 9. The Labute approximate surface area is 303 Å². The highest BCUT2D eigenvalue weighted by molar-refractivity contribution is 7.25. The molecule has 0 amide bonds. The van der Waals surface area contributed by atoms with Crippen LogP contribution in [-0.2, 0) is 0 Å². The van der Waals surface area contributed by atoms with Gasteiger partial charge >= 0.3 is 0 Å². The topological polar surface area (TPSA) is 21.3 Å². The molecule has 244 valence electrons. The molecule has 0 aliphatic rings. The highest BCUT2D eigenvalue weighted by Crippen LogP contribution is 2.43. The fourth-order valence-electron chi connectivity index (χ4n) is 7.98. The fourth-order valence-corrected chi connectivity index (χ4v) is 9.12. The summed E-state index contributed by atoms with van der Waals surface area (Å²) in [6.45, 7) is 0. The van der Waals surface area contributed by atoms with Crippen molar-refractivity contribution in [2.45, 2.75) is 0 Å². The molecule has 3 heterocycles. The molecule has 0 unspecified atom stereocenters. The van der Waals surface area contributed by atoms with E-state index in [1.54, 1.807) is 0 Å². The first-order valence-corrected chi connectivity index (χ1v) is 18.4. The normalized spacial score (nSPS) is 11.8. The summed E-state index contributed by atoms with van der Waals surface area (Å²) < 4.78 is 11.3. The first-order valence-electron chi connectivity index (χ1n) is 17.6. The quantitative estimate of drug-likeness (QED) is 0.180. The van der Waals surface area contributed by atoms with Gasteiger partial charge in [-0.15, -0.1) is 11.3 Å². The number of para-hydroxylation sites is 3. The average Bonchev–Trinajstić information content (AvgIpc) is 3.87. The van der Waals surface area contributed by atoms with Gasteiger partial charge in [-0.1, -0.05) is 103 Å². The lowest BCUT2D eigenvalue weighted by Crippen LogP contribution is -2.09. The van der Waals surface area contributed by atoms with Crippen molar-refractivity contribution in [3.8, 4) is 16.8 Å². The minimum atomic E-state index is 0.878. The van der Waals surface area contributed by atoms with Crippen molar-refractivity contribution in [3.05, 3.63) is 182 Å². The monoisotopic (exact) mass is 682 g/mol. The molecule has 0 spiro atoms. The Kier molecular flexibility index (Phi) is 6.42. The molecule has 0 saturated heterocycles. The van der Waals surface area contributed by atoms with Crippen LogP contribution in [0.25, 0.3) is 80.7 Å². The van der Waals surface area contributed by atoms with Gasteiger partial charge in [0.15, 0.2) is 0 Å². The summed E-state index contributed by atoms with van der Waals surface area (Å²) in [5.74, 6) is 0. The van der Waals surface area contributed by atoms with Gasteiger partial charge < -0.3 is 13.9 Å². The minimum absolute atomic E-state index is 0.878. The predicted molar refractivity (Wildman–Crippen MR) is 221 cm³/mol. The zero-order valence-electron chi connectivity index (χ0n) is 28.0. The molecular formula is C48H30N2OS. The van der Waals surface area contributed by atoms with E-state index in [4.69, 9.17) is 4.42 Å². The van der Waals surface area contributed by atoms with Crippen molar-refractivity contribution < 1.29 is 4.42 Å². The van der Waals surface area contributed by atoms with Crippen LogP contribution >= 0.6 is 11.3 Å². The summed E-state index contributed by atoms with van der Waals surface area (Å²) >= 11 is 1.84. The van der Waals surface area contributed by atoms with Crippen molar-refractivity contribution in [3.63, 3.8) is 0 Å². The van der Waals surface area contributed by atoms with E-state index in [9.17, 15) is 0 Å². The van der Waals surface area contributed by atoms with Crippen LogP contribution in [0.3, 0.4) is 0 Å². The van der Waals surface area contributed by atoms with Crippen LogP contribution in [0.5, 0.6) is 0 Å². The molecule has 52 heavy (non-hydrogen) atoms. The molecule has 3 nitrogen and oxygen atoms in total. The molecule has 11 aromatic rings. The fraction of sp³-hybridized carbons (Fsp3) is 0. The lowest BCUT2D eigenvalue weighted by molar-refractivity contribution is 0.669. The number of anilines is 3. The Morgan fingerprint density at radius 3 is 1.77 bits per heavy atom. The molecule has 0 fully saturated rings. The van der Waals surface area contributed by atoms with Crippen LogP contribution in [0.1, 0.15) is 0 Å². The number of hydrogen-bond donors (Lipinski definition) is 0. The SMILES string of the molecule is c1cc(-c2ccc(-n3c4ccccc4c4ccccc43)cc2)cc(N(c2ccc3c(c2)oc2ccccc23)c2ccc3c(c2)sc2ccccc23)c1. The lowest BCUT2D eigenvalue weighted by Gasteiger charge is -2.26. The maximum atomic E-state index is 6.39. The third-order valence-corrected chi connectivity index (χ3v) is 11.5. The number of benzene rings is 8. The molecule has 4 heteroatoms. The number of hydrogen-bond acceptors (Lipinski definition) is 3. The van der Waals surface area contributed by atoms with Gasteiger partial charge in [-0.3, -0.25) is 0 Å². The number of rotatable bonds is 5. The Morgan fingerprint density at radius 2 is 0.981 bits per heavy atom. The first-order chi connectivity index (χ1) is 25.8. The molecule has 0 radical (unpaired) electrons. The van der Waals surface area contributed by atoms with Crippen LogP contribution in [0.4, 0.5) is 17.1 Å². The van der Waals surface area contributed by atoms with Gasteiger partial charge in [-0.2, -0.15) is 0 Å². The largest absolute Gasteiger partial charge is 0.456 e. The van der Waals surface area contributed by atoms with Gasteiger partial charge in [-0.25, -0.2) is 0 Å². The molecule has 0 N–H and O–H groups in total. The maximum Gasteiger partial charge on any atom is 0.137 e. The molecule has 0 bridgehead atoms. The summed E-state index contributed by atoms with van der Waals surface area (Å²) in [6.07, 6.45) is 0. The van der Waals surface area contributed by atoms with E-state index in [0.717, 1.165) is 50.3 Å². The van der Waals surface area contributed by atoms with E-state index in [0.29, 0.717) is 0 Å². The second kappa shape index (κ2) is 11.5. The standard InChI is InChI=1S/C48H30N2OS/c1-5-16-43-37(12-1)38-13-2-6-17-44(38)50(43)33-22-20-31(21-23-33)32-10-9-11-34(28-32)49(35-24-26-40-39-14-3-7-18-45(39)51-46(40)29-35)36-25-27-42-41-15-4-8-19-47(41)52-48(42)30-36/h1-30H. The summed E-state index contributed by atoms with van der Waals surface area (Å²) in [4.78, 5) is 2.35. The van der Waals surface area contributed by atoms with Gasteiger partial charge in [0.2, 0.25) is 0 Å². The Hall–Kier alpha value is -6.62. The van der Waals surface area contributed by atoms with Crippen LogP contribution in [0.2, 0.25) is 0 Å². The smallest absolute Gasteiger partial charge is 0.137 e. The van der Waals surface area contributed by atoms with Gasteiger partial charge in [0, 0.05) is 70.5 Å². The molecule has 8 aromatic carbocycles. The van der Waals surface area contributed by atoms with E-state index in [2.05, 4.69) is 179 Å². The molecular weight excluding hydrogens is 653 g/mol. The molecule has 11 rings (SSSR count). The Bertz CT molecular complexity index is 2980. The Morgan fingerprint density at radius 1 is 0.385 bits per heavy atom. The predicted octanol–water partition coefficient (Wildman–Crippen LogP) is 14.2. The van der Waals surface area contributed by atoms with Crippen molar-refractivity contribution in [1.29, 1.82) is 0 Å². The molecule has 0 saturated carbocycles. The van der Waals surface area contributed by atoms with Crippen molar-refractivity contribution in [1.82, 2.24) is 4.57 Å². The van der Waals surface area contributed by atoms with Gasteiger partial charge in [0.1, 0.15) is 11.2 Å². The average molecular weight is 683 g/mol. The Balaban J connectivity index is 1.04. The second-order valence-electron chi connectivity index (χ2n) is 13.4. The van der Waals surface area contributed by atoms with E-state index >= 15 is 0 Å². The van der Waals surface area contributed by atoms with Gasteiger partial charge in [0.05, 0.1) is 11.0 Å².